The molecule has 4 heterocycles. The van der Waals surface area contributed by atoms with Gasteiger partial charge in [0.05, 0.1) is 44.7 Å². The molecule has 6 rings (SSSR count). The van der Waals surface area contributed by atoms with Crippen molar-refractivity contribution in [1.82, 2.24) is 0 Å². The molecule has 0 amide bonds. The number of carbonyl (C=O) groups excluding carboxylic acids is 3. The van der Waals surface area contributed by atoms with Gasteiger partial charge >= 0.3 is 11.9 Å². The number of aromatic hydroxyl groups is 1. The van der Waals surface area contributed by atoms with Crippen molar-refractivity contribution < 1.29 is 73.1 Å². The van der Waals surface area contributed by atoms with Gasteiger partial charge in [-0.05, 0) is 24.3 Å². The van der Waals surface area contributed by atoms with E-state index in [1.165, 1.54) is 38.5 Å². The maximum absolute atomic E-state index is 13.4. The molecular weight excluding hydrogens is 564 g/mol. The van der Waals surface area contributed by atoms with Crippen molar-refractivity contribution in [2.75, 3.05) is 20.8 Å². The van der Waals surface area contributed by atoms with Crippen LogP contribution in [-0.2, 0) is 38.0 Å². The Morgan fingerprint density at radius 1 is 1.05 bits per heavy atom. The fraction of sp³-hybridized carbons (Fsp3) is 0.519. The van der Waals surface area contributed by atoms with Gasteiger partial charge in [0.2, 0.25) is 6.29 Å². The molecule has 1 aromatic rings. The lowest BCUT2D eigenvalue weighted by Crippen LogP contribution is -2.61. The second-order valence-electron chi connectivity index (χ2n) is 10.5. The third-order valence-corrected chi connectivity index (χ3v) is 8.30. The molecule has 5 N–H and O–H groups in total. The molecule has 42 heavy (non-hydrogen) atoms. The van der Waals surface area contributed by atoms with E-state index < -0.39 is 91.0 Å². The van der Waals surface area contributed by atoms with E-state index in [2.05, 4.69) is 0 Å². The van der Waals surface area contributed by atoms with E-state index in [1.807, 2.05) is 0 Å². The number of phenols is 1. The first-order chi connectivity index (χ1) is 20.1. The lowest BCUT2D eigenvalue weighted by molar-refractivity contribution is -0.347. The number of hydrogen-bond donors (Lipinski definition) is 5. The molecule has 226 valence electrons. The van der Waals surface area contributed by atoms with Gasteiger partial charge < -0.3 is 58.7 Å². The molecule has 15 nitrogen and oxygen atoms in total. The second kappa shape index (κ2) is 10.3. The summed E-state index contributed by atoms with van der Waals surface area (Å²) < 4.78 is 38.7. The van der Waals surface area contributed by atoms with Crippen molar-refractivity contribution in [2.45, 2.75) is 54.8 Å². The van der Waals surface area contributed by atoms with Crippen LogP contribution in [0.15, 0.2) is 41.7 Å². The van der Waals surface area contributed by atoms with Crippen molar-refractivity contribution in [3.63, 3.8) is 0 Å². The highest BCUT2D eigenvalue weighted by Gasteiger charge is 2.78. The number of aliphatic hydroxyl groups excluding tert-OH is 4. The molecule has 4 aliphatic heterocycles. The standard InChI is InChI=1S/C27H28O15/c1-36-13-5-9(3-4-12(13)29)17(30)10-6-27(42-24(10)35)16-15(21-22(27)40-21)11(23(34)37-2)8-38-25(16)41-26-20(33)19(32)18(31)14(7-28)39-26/h3-6,8,14-16,18-22,25-26,28-29,31-33H,7H2,1-2H3/t14-,15+,16+,18-,19-,20-,21-,22-,25-,26-,27?/m0/s1. The first-order valence-electron chi connectivity index (χ1n) is 13.0. The predicted octanol–water partition coefficient (Wildman–Crippen LogP) is -1.95. The molecule has 11 atom stereocenters. The van der Waals surface area contributed by atoms with Gasteiger partial charge in [-0.3, -0.25) is 4.79 Å². The monoisotopic (exact) mass is 592 g/mol. The van der Waals surface area contributed by atoms with Crippen LogP contribution in [0.1, 0.15) is 10.4 Å². The van der Waals surface area contributed by atoms with Crippen LogP contribution in [0.2, 0.25) is 0 Å². The van der Waals surface area contributed by atoms with E-state index in [-0.39, 0.29) is 28.2 Å². The van der Waals surface area contributed by atoms with Crippen LogP contribution >= 0.6 is 0 Å². The fourth-order valence-electron chi connectivity index (χ4n) is 6.19. The number of carbonyl (C=O) groups is 3. The Morgan fingerprint density at radius 2 is 1.81 bits per heavy atom. The molecule has 1 spiro atoms. The number of rotatable bonds is 7. The predicted molar refractivity (Wildman–Crippen MR) is 131 cm³/mol. The van der Waals surface area contributed by atoms with Crippen LogP contribution in [-0.4, -0.2) is 119 Å². The number of benzene rings is 1. The van der Waals surface area contributed by atoms with Crippen molar-refractivity contribution >= 4 is 17.7 Å². The molecule has 0 radical (unpaired) electrons. The molecule has 1 aliphatic carbocycles. The topological polar surface area (TPSA) is 220 Å². The SMILES string of the molecule is COC(=O)C1=CO[C@@H](O[C@@H]2O[C@@H](CO)[C@H](O)[C@H](O)[C@@H]2O)[C@H]2[C@@H]1[C@@H]1O[C@@H]1C21C=C(C(=O)c2ccc(O)c(OC)c2)C(=O)O1. The molecule has 5 aliphatic rings. The minimum atomic E-state index is -1.78. The summed E-state index contributed by atoms with van der Waals surface area (Å²) in [4.78, 5) is 39.3. The maximum Gasteiger partial charge on any atom is 0.342 e. The van der Waals surface area contributed by atoms with Crippen LogP contribution < -0.4 is 4.74 Å². The minimum Gasteiger partial charge on any atom is -0.504 e. The Bertz CT molecular complexity index is 1370. The Kier molecular flexibility index (Phi) is 7.00. The normalized spacial score (nSPS) is 39.8. The van der Waals surface area contributed by atoms with Gasteiger partial charge in [-0.25, -0.2) is 9.59 Å². The van der Waals surface area contributed by atoms with Crippen LogP contribution in [0.3, 0.4) is 0 Å². The summed E-state index contributed by atoms with van der Waals surface area (Å²) in [5, 5.41) is 50.4. The number of phenolic OH excluding ortho intramolecular Hbond substituents is 1. The van der Waals surface area contributed by atoms with Gasteiger partial charge in [0.1, 0.15) is 36.1 Å². The van der Waals surface area contributed by atoms with E-state index in [0.29, 0.717) is 0 Å². The summed E-state index contributed by atoms with van der Waals surface area (Å²) in [5.41, 5.74) is -1.95. The number of esters is 2. The number of hydrogen-bond acceptors (Lipinski definition) is 15. The van der Waals surface area contributed by atoms with Gasteiger partial charge in [0.15, 0.2) is 29.2 Å². The maximum atomic E-state index is 13.4. The first-order valence-corrected chi connectivity index (χ1v) is 13.0. The number of methoxy groups -OCH3 is 2. The van der Waals surface area contributed by atoms with Gasteiger partial charge in [0.25, 0.3) is 0 Å². The number of Topliss-reactive ketones (excluding diaryl/α,β-unsaturated/α-hetero) is 1. The lowest BCUT2D eigenvalue weighted by atomic mass is 9.78. The first kappa shape index (κ1) is 28.5. The summed E-state index contributed by atoms with van der Waals surface area (Å²) in [5.74, 6) is -4.53. The van der Waals surface area contributed by atoms with Gasteiger partial charge in [0, 0.05) is 11.5 Å². The molecule has 2 saturated heterocycles. The van der Waals surface area contributed by atoms with E-state index >= 15 is 0 Å². The number of aliphatic hydroxyl groups is 4. The Balaban J connectivity index is 1.37. The van der Waals surface area contributed by atoms with Crippen molar-refractivity contribution in [3.05, 3.63) is 47.2 Å². The van der Waals surface area contributed by atoms with Gasteiger partial charge in [-0.2, -0.15) is 0 Å². The second-order valence-corrected chi connectivity index (χ2v) is 10.5. The quantitative estimate of drug-likeness (QED) is 0.100. The molecular formula is C27H28O15. The number of epoxide rings is 1. The smallest absolute Gasteiger partial charge is 0.342 e. The average Bonchev–Trinajstić information content (AvgIpc) is 3.66. The number of ketones is 1. The highest BCUT2D eigenvalue weighted by Crippen LogP contribution is 2.62. The van der Waals surface area contributed by atoms with Crippen LogP contribution in [0.4, 0.5) is 0 Å². The largest absolute Gasteiger partial charge is 0.504 e. The van der Waals surface area contributed by atoms with Crippen molar-refractivity contribution in [2.24, 2.45) is 11.8 Å². The van der Waals surface area contributed by atoms with Crippen LogP contribution in [0.25, 0.3) is 0 Å². The molecule has 1 aromatic carbocycles. The van der Waals surface area contributed by atoms with E-state index in [0.717, 1.165) is 6.26 Å². The van der Waals surface area contributed by atoms with E-state index in [1.54, 1.807) is 0 Å². The van der Waals surface area contributed by atoms with Gasteiger partial charge in [-0.1, -0.05) is 0 Å². The van der Waals surface area contributed by atoms with Crippen molar-refractivity contribution in [3.8, 4) is 11.5 Å². The van der Waals surface area contributed by atoms with Gasteiger partial charge in [-0.15, -0.1) is 0 Å². The Hall–Kier alpha value is -3.57. The average molecular weight is 593 g/mol. The molecule has 0 bridgehead atoms. The van der Waals surface area contributed by atoms with E-state index in [4.69, 9.17) is 33.2 Å². The number of fused-ring (bicyclic) bond motifs is 5. The number of ether oxygens (including phenoxy) is 7. The molecule has 15 heteroatoms. The molecule has 1 saturated carbocycles. The summed E-state index contributed by atoms with van der Waals surface area (Å²) in [7, 11) is 2.47. The van der Waals surface area contributed by atoms with E-state index in [9.17, 15) is 39.9 Å². The highest BCUT2D eigenvalue weighted by molar-refractivity contribution is 6.25. The van der Waals surface area contributed by atoms with Crippen LogP contribution in [0.5, 0.6) is 11.5 Å². The third-order valence-electron chi connectivity index (χ3n) is 8.30. The van der Waals surface area contributed by atoms with Crippen LogP contribution in [0, 0.1) is 11.8 Å². The lowest BCUT2D eigenvalue weighted by Gasteiger charge is -2.45. The summed E-state index contributed by atoms with van der Waals surface area (Å²) >= 11 is 0. The fourth-order valence-corrected chi connectivity index (χ4v) is 6.19. The Labute approximate surface area is 237 Å². The molecule has 1 unspecified atom stereocenters. The zero-order chi connectivity index (χ0) is 30.1. The summed E-state index contributed by atoms with van der Waals surface area (Å²) in [6.45, 7) is -0.704. The molecule has 3 fully saturated rings. The summed E-state index contributed by atoms with van der Waals surface area (Å²) in [6.07, 6.45) is -8.57. The zero-order valence-electron chi connectivity index (χ0n) is 22.2. The highest BCUT2D eigenvalue weighted by atomic mass is 16.8. The Morgan fingerprint density at radius 3 is 2.50 bits per heavy atom. The third kappa shape index (κ3) is 4.19. The van der Waals surface area contributed by atoms with Crippen molar-refractivity contribution in [1.29, 1.82) is 0 Å². The zero-order valence-corrected chi connectivity index (χ0v) is 22.2. The summed E-state index contributed by atoms with van der Waals surface area (Å²) in [6, 6.07) is 3.80. The molecule has 0 aromatic heterocycles. The minimum absolute atomic E-state index is 0.00980.